The van der Waals surface area contributed by atoms with Crippen LogP contribution in [0.1, 0.15) is 51.1 Å². The predicted molar refractivity (Wildman–Crippen MR) is 85.2 cm³/mol. The largest absolute Gasteiger partial charge is 0.388 e. The Balaban J connectivity index is 2.14. The number of benzene rings is 1. The van der Waals surface area contributed by atoms with Crippen molar-refractivity contribution in [3.8, 4) is 0 Å². The molecule has 1 aromatic carbocycles. The van der Waals surface area contributed by atoms with E-state index in [0.717, 1.165) is 38.8 Å². The van der Waals surface area contributed by atoms with E-state index in [0.29, 0.717) is 6.04 Å². The second-order valence-corrected chi connectivity index (χ2v) is 6.13. The molecule has 20 heavy (non-hydrogen) atoms. The maximum atomic E-state index is 10.6. The molecule has 0 amide bonds. The first kappa shape index (κ1) is 15.3. The summed E-state index contributed by atoms with van der Waals surface area (Å²) in [6, 6.07) is 8.83. The van der Waals surface area contributed by atoms with Crippen molar-refractivity contribution in [2.24, 2.45) is 0 Å². The normalized spacial score (nSPS) is 19.0. The predicted octanol–water partition coefficient (Wildman–Crippen LogP) is 3.10. The van der Waals surface area contributed by atoms with Gasteiger partial charge in [0, 0.05) is 25.3 Å². The molecule has 2 rings (SSSR count). The number of nitrogens with one attached hydrogen (secondary N) is 1. The molecule has 1 unspecified atom stereocenters. The molecule has 1 atom stereocenters. The summed E-state index contributed by atoms with van der Waals surface area (Å²) in [6.45, 7) is 6.01. The molecule has 1 aliphatic carbocycles. The van der Waals surface area contributed by atoms with Crippen LogP contribution in [0.3, 0.4) is 0 Å². The topological polar surface area (TPSA) is 35.5 Å². The Labute approximate surface area is 123 Å². The van der Waals surface area contributed by atoms with Crippen LogP contribution in [-0.2, 0) is 0 Å². The molecule has 0 bridgehead atoms. The van der Waals surface area contributed by atoms with Crippen molar-refractivity contribution in [2.45, 2.75) is 51.2 Å². The molecule has 3 nitrogen and oxygen atoms in total. The fourth-order valence-electron chi connectivity index (χ4n) is 3.34. The molecule has 0 aromatic heterocycles. The van der Waals surface area contributed by atoms with E-state index >= 15 is 0 Å². The number of anilines is 1. The molecular formula is C17H28N2O. The minimum absolute atomic E-state index is 0.330. The van der Waals surface area contributed by atoms with Gasteiger partial charge in [0.1, 0.15) is 0 Å². The highest BCUT2D eigenvalue weighted by atomic mass is 16.3. The van der Waals surface area contributed by atoms with E-state index in [2.05, 4.69) is 55.4 Å². The van der Waals surface area contributed by atoms with Crippen LogP contribution in [0.4, 0.5) is 5.69 Å². The Morgan fingerprint density at radius 1 is 1.30 bits per heavy atom. The Kier molecular flexibility index (Phi) is 5.06. The van der Waals surface area contributed by atoms with Gasteiger partial charge in [-0.2, -0.15) is 0 Å². The van der Waals surface area contributed by atoms with Gasteiger partial charge < -0.3 is 15.3 Å². The van der Waals surface area contributed by atoms with Gasteiger partial charge in [0.25, 0.3) is 0 Å². The van der Waals surface area contributed by atoms with Gasteiger partial charge in [-0.1, -0.05) is 38.0 Å². The molecular weight excluding hydrogens is 248 g/mol. The molecule has 1 fully saturated rings. The quantitative estimate of drug-likeness (QED) is 0.838. The van der Waals surface area contributed by atoms with Crippen LogP contribution in [0.2, 0.25) is 0 Å². The summed E-state index contributed by atoms with van der Waals surface area (Å²) in [5.74, 6) is 0. The summed E-state index contributed by atoms with van der Waals surface area (Å²) < 4.78 is 0. The Bertz CT molecular complexity index is 427. The molecule has 3 heteroatoms. The van der Waals surface area contributed by atoms with E-state index in [1.165, 1.54) is 11.3 Å². The molecule has 2 N–H and O–H groups in total. The Hall–Kier alpha value is -1.06. The molecule has 1 saturated carbocycles. The highest BCUT2D eigenvalue weighted by molar-refractivity contribution is 5.54. The number of hydrogen-bond acceptors (Lipinski definition) is 3. The number of likely N-dealkylation sites (N-methyl/N-ethyl adjacent to an activating group) is 1. The zero-order valence-corrected chi connectivity index (χ0v) is 13.0. The summed E-state index contributed by atoms with van der Waals surface area (Å²) in [6.07, 6.45) is 4.17. The lowest BCUT2D eigenvalue weighted by molar-refractivity contribution is 0.0559. The number of nitrogens with zero attached hydrogens (tertiary/aromatic N) is 1. The van der Waals surface area contributed by atoms with Crippen molar-refractivity contribution in [3.05, 3.63) is 29.8 Å². The minimum Gasteiger partial charge on any atom is -0.388 e. The first-order chi connectivity index (χ1) is 9.56. The molecule has 112 valence electrons. The van der Waals surface area contributed by atoms with Crippen LogP contribution in [-0.4, -0.2) is 30.8 Å². The first-order valence-electron chi connectivity index (χ1n) is 7.81. The van der Waals surface area contributed by atoms with Gasteiger partial charge in [-0.15, -0.1) is 0 Å². The summed E-state index contributed by atoms with van der Waals surface area (Å²) >= 11 is 0. The van der Waals surface area contributed by atoms with Crippen LogP contribution in [0.25, 0.3) is 0 Å². The van der Waals surface area contributed by atoms with Crippen LogP contribution in [0.15, 0.2) is 24.3 Å². The fourth-order valence-corrected chi connectivity index (χ4v) is 3.34. The molecule has 0 heterocycles. The zero-order valence-electron chi connectivity index (χ0n) is 13.0. The zero-order chi connectivity index (χ0) is 14.6. The number of rotatable bonds is 6. The van der Waals surface area contributed by atoms with Gasteiger partial charge in [0.2, 0.25) is 0 Å². The molecule has 0 radical (unpaired) electrons. The molecule has 1 aromatic rings. The highest BCUT2D eigenvalue weighted by Gasteiger charge is 2.32. The molecule has 0 aliphatic heterocycles. The fraction of sp³-hybridized carbons (Fsp3) is 0.647. The van der Waals surface area contributed by atoms with E-state index in [9.17, 15) is 5.11 Å². The summed E-state index contributed by atoms with van der Waals surface area (Å²) in [5.41, 5.74) is 2.03. The smallest absolute Gasteiger partial charge is 0.0821 e. The van der Waals surface area contributed by atoms with Crippen molar-refractivity contribution in [2.75, 3.05) is 25.0 Å². The lowest BCUT2D eigenvalue weighted by atomic mass is 10.00. The monoisotopic (exact) mass is 276 g/mol. The average Bonchev–Trinajstić information content (AvgIpc) is 2.85. The number of aliphatic hydroxyl groups is 1. The first-order valence-corrected chi connectivity index (χ1v) is 7.81. The van der Waals surface area contributed by atoms with Crippen LogP contribution in [0.5, 0.6) is 0 Å². The summed E-state index contributed by atoms with van der Waals surface area (Å²) in [4.78, 5) is 2.22. The minimum atomic E-state index is -0.497. The second-order valence-electron chi connectivity index (χ2n) is 6.13. The third-order valence-corrected chi connectivity index (χ3v) is 4.39. The summed E-state index contributed by atoms with van der Waals surface area (Å²) in [7, 11) is 2.09. The SMILES string of the molecule is CCNC(C)c1ccccc1N(C)CC1(O)CCCC1. The van der Waals surface area contributed by atoms with E-state index < -0.39 is 5.60 Å². The van der Waals surface area contributed by atoms with Gasteiger partial charge in [-0.25, -0.2) is 0 Å². The average molecular weight is 276 g/mol. The highest BCUT2D eigenvalue weighted by Crippen LogP contribution is 2.33. The standard InChI is InChI=1S/C17H28N2O/c1-4-18-14(2)15-9-5-6-10-16(15)19(3)13-17(20)11-7-8-12-17/h5-6,9-10,14,18,20H,4,7-8,11-13H2,1-3H3. The lowest BCUT2D eigenvalue weighted by Crippen LogP contribution is -2.39. The maximum Gasteiger partial charge on any atom is 0.0821 e. The van der Waals surface area contributed by atoms with Crippen molar-refractivity contribution >= 4 is 5.69 Å². The van der Waals surface area contributed by atoms with E-state index in [-0.39, 0.29) is 0 Å². The van der Waals surface area contributed by atoms with E-state index in [1.54, 1.807) is 0 Å². The van der Waals surface area contributed by atoms with E-state index in [4.69, 9.17) is 0 Å². The van der Waals surface area contributed by atoms with Gasteiger partial charge in [-0.3, -0.25) is 0 Å². The lowest BCUT2D eigenvalue weighted by Gasteiger charge is -2.32. The second kappa shape index (κ2) is 6.59. The van der Waals surface area contributed by atoms with Gasteiger partial charge in [-0.05, 0) is 37.9 Å². The van der Waals surface area contributed by atoms with E-state index in [1.807, 2.05) is 0 Å². The van der Waals surface area contributed by atoms with Crippen molar-refractivity contribution in [1.29, 1.82) is 0 Å². The third-order valence-electron chi connectivity index (χ3n) is 4.39. The molecule has 0 spiro atoms. The molecule has 1 aliphatic rings. The van der Waals surface area contributed by atoms with Gasteiger partial charge in [0.05, 0.1) is 5.60 Å². The van der Waals surface area contributed by atoms with Crippen molar-refractivity contribution in [1.82, 2.24) is 5.32 Å². The Morgan fingerprint density at radius 2 is 1.95 bits per heavy atom. The van der Waals surface area contributed by atoms with Crippen LogP contribution < -0.4 is 10.2 Å². The summed E-state index contributed by atoms with van der Waals surface area (Å²) in [5, 5.41) is 14.1. The number of para-hydroxylation sites is 1. The Morgan fingerprint density at radius 3 is 2.60 bits per heavy atom. The van der Waals surface area contributed by atoms with Crippen molar-refractivity contribution < 1.29 is 5.11 Å². The van der Waals surface area contributed by atoms with Gasteiger partial charge >= 0.3 is 0 Å². The maximum absolute atomic E-state index is 10.6. The third kappa shape index (κ3) is 3.53. The molecule has 0 saturated heterocycles. The van der Waals surface area contributed by atoms with Crippen LogP contribution in [0, 0.1) is 0 Å². The van der Waals surface area contributed by atoms with Crippen LogP contribution >= 0.6 is 0 Å². The van der Waals surface area contributed by atoms with Crippen molar-refractivity contribution in [3.63, 3.8) is 0 Å². The van der Waals surface area contributed by atoms with Gasteiger partial charge in [0.15, 0.2) is 0 Å². The number of hydrogen-bond donors (Lipinski definition) is 2.